The molecule has 0 spiro atoms. The van der Waals surface area contributed by atoms with Gasteiger partial charge in [0.15, 0.2) is 0 Å². The molecular formula is C22H26N4O2. The maximum absolute atomic E-state index is 12.5. The lowest BCUT2D eigenvalue weighted by atomic mass is 9.91. The normalized spacial score (nSPS) is 18.6. The summed E-state index contributed by atoms with van der Waals surface area (Å²) in [6.07, 6.45) is 8.68. The van der Waals surface area contributed by atoms with Gasteiger partial charge in [-0.1, -0.05) is 25.0 Å². The third-order valence-electron chi connectivity index (χ3n) is 6.28. The molecule has 1 aliphatic heterocycles. The van der Waals surface area contributed by atoms with Gasteiger partial charge >= 0.3 is 0 Å². The summed E-state index contributed by atoms with van der Waals surface area (Å²) in [4.78, 5) is 22.5. The van der Waals surface area contributed by atoms with Crippen molar-refractivity contribution in [2.24, 2.45) is 0 Å². The molecule has 0 atom stereocenters. The largest absolute Gasteiger partial charge is 0.497 e. The van der Waals surface area contributed by atoms with Crippen molar-refractivity contribution < 1.29 is 4.74 Å². The number of fused-ring (bicyclic) bond motifs is 1. The Morgan fingerprint density at radius 3 is 2.61 bits per heavy atom. The predicted molar refractivity (Wildman–Crippen MR) is 108 cm³/mol. The van der Waals surface area contributed by atoms with E-state index in [1.54, 1.807) is 13.3 Å². The van der Waals surface area contributed by atoms with Gasteiger partial charge in [-0.3, -0.25) is 14.1 Å². The number of aromatic amines is 1. The summed E-state index contributed by atoms with van der Waals surface area (Å²) in [6, 6.07) is 8.34. The molecule has 3 aromatic rings. The first-order chi connectivity index (χ1) is 13.7. The van der Waals surface area contributed by atoms with Gasteiger partial charge in [-0.2, -0.15) is 0 Å². The van der Waals surface area contributed by atoms with Crippen LogP contribution in [-0.4, -0.2) is 39.5 Å². The lowest BCUT2D eigenvalue weighted by Crippen LogP contribution is -2.44. The molecule has 1 aromatic carbocycles. The van der Waals surface area contributed by atoms with E-state index in [9.17, 15) is 4.79 Å². The Hall–Kier alpha value is -2.60. The first-order valence-electron chi connectivity index (χ1n) is 10.2. The number of likely N-dealkylation sites (tertiary alicyclic amines) is 1. The Bertz CT molecular complexity index is 1020. The van der Waals surface area contributed by atoms with Gasteiger partial charge < -0.3 is 9.72 Å². The van der Waals surface area contributed by atoms with Crippen molar-refractivity contribution in [2.45, 2.75) is 44.1 Å². The van der Waals surface area contributed by atoms with Crippen LogP contribution in [0, 0.1) is 0 Å². The van der Waals surface area contributed by atoms with Crippen LogP contribution in [0.4, 0.5) is 0 Å². The van der Waals surface area contributed by atoms with Gasteiger partial charge in [0, 0.05) is 43.4 Å². The van der Waals surface area contributed by atoms with E-state index in [2.05, 4.69) is 33.2 Å². The molecule has 1 N–H and O–H groups in total. The van der Waals surface area contributed by atoms with Gasteiger partial charge in [0.05, 0.1) is 13.3 Å². The molecule has 1 aliphatic carbocycles. The van der Waals surface area contributed by atoms with Crippen molar-refractivity contribution in [1.29, 1.82) is 0 Å². The fraction of sp³-hybridized carbons (Fsp3) is 0.455. The van der Waals surface area contributed by atoms with Crippen LogP contribution in [0.15, 0.2) is 41.5 Å². The molecule has 3 heterocycles. The van der Waals surface area contributed by atoms with Gasteiger partial charge in [0.25, 0.3) is 5.56 Å². The highest BCUT2D eigenvalue weighted by Crippen LogP contribution is 2.33. The second-order valence-corrected chi connectivity index (χ2v) is 8.13. The molecule has 2 aromatic heterocycles. The highest BCUT2D eigenvalue weighted by atomic mass is 16.5. The number of imidazole rings is 1. The number of methoxy groups -OCH3 is 1. The number of H-pyrrole nitrogens is 1. The van der Waals surface area contributed by atoms with Gasteiger partial charge in [-0.05, 0) is 30.5 Å². The summed E-state index contributed by atoms with van der Waals surface area (Å²) in [5.74, 6) is 2.98. The predicted octanol–water partition coefficient (Wildman–Crippen LogP) is 3.29. The number of nitrogens with zero attached hydrogens (tertiary/aromatic N) is 3. The van der Waals surface area contributed by atoms with Crippen LogP contribution in [-0.2, 0) is 6.54 Å². The minimum Gasteiger partial charge on any atom is -0.497 e. The molecule has 2 fully saturated rings. The number of benzene rings is 1. The molecule has 0 bridgehead atoms. The standard InChI is InChI=1S/C22H26N4O2/c1-28-19-8-6-15(7-9-19)17-11-25(12-17)13-18-14-26-20(22(27)24-18)10-23-21(26)16-4-2-3-5-16/h6-10,14,16-17H,2-5,11-13H2,1H3,(H,24,27). The molecule has 2 aliphatic rings. The summed E-state index contributed by atoms with van der Waals surface area (Å²) in [5, 5.41) is 0. The fourth-order valence-corrected chi connectivity index (χ4v) is 4.67. The molecular weight excluding hydrogens is 352 g/mol. The Morgan fingerprint density at radius 1 is 1.14 bits per heavy atom. The maximum atomic E-state index is 12.5. The summed E-state index contributed by atoms with van der Waals surface area (Å²) < 4.78 is 7.27. The fourth-order valence-electron chi connectivity index (χ4n) is 4.67. The van der Waals surface area contributed by atoms with Gasteiger partial charge in [-0.15, -0.1) is 0 Å². The van der Waals surface area contributed by atoms with Crippen molar-refractivity contribution >= 4 is 5.52 Å². The smallest absolute Gasteiger partial charge is 0.274 e. The molecule has 0 radical (unpaired) electrons. The third-order valence-corrected chi connectivity index (χ3v) is 6.28. The molecule has 6 heteroatoms. The van der Waals surface area contributed by atoms with Crippen LogP contribution < -0.4 is 10.3 Å². The van der Waals surface area contributed by atoms with Crippen molar-refractivity contribution in [1.82, 2.24) is 19.3 Å². The Kier molecular flexibility index (Phi) is 4.43. The summed E-state index contributed by atoms with van der Waals surface area (Å²) in [5.41, 5.74) is 2.92. The van der Waals surface area contributed by atoms with Gasteiger partial charge in [0.1, 0.15) is 17.1 Å². The zero-order chi connectivity index (χ0) is 19.1. The highest BCUT2D eigenvalue weighted by molar-refractivity contribution is 5.44. The highest BCUT2D eigenvalue weighted by Gasteiger charge is 2.28. The number of ether oxygens (including phenoxy) is 1. The zero-order valence-electron chi connectivity index (χ0n) is 16.2. The van der Waals surface area contributed by atoms with Crippen molar-refractivity contribution in [3.63, 3.8) is 0 Å². The maximum Gasteiger partial charge on any atom is 0.274 e. The van der Waals surface area contributed by atoms with Gasteiger partial charge in [-0.25, -0.2) is 4.98 Å². The quantitative estimate of drug-likeness (QED) is 0.740. The Morgan fingerprint density at radius 2 is 1.89 bits per heavy atom. The van der Waals surface area contributed by atoms with Crippen molar-refractivity contribution in [2.75, 3.05) is 20.2 Å². The molecule has 1 saturated carbocycles. The molecule has 0 amide bonds. The average molecular weight is 378 g/mol. The molecule has 1 saturated heterocycles. The van der Waals surface area contributed by atoms with E-state index in [4.69, 9.17) is 4.74 Å². The van der Waals surface area contributed by atoms with Crippen LogP contribution in [0.2, 0.25) is 0 Å². The molecule has 0 unspecified atom stereocenters. The van der Waals surface area contributed by atoms with Crippen molar-refractivity contribution in [3.8, 4) is 5.75 Å². The van der Waals surface area contributed by atoms with Crippen LogP contribution in [0.3, 0.4) is 0 Å². The number of nitrogens with one attached hydrogen (secondary N) is 1. The second kappa shape index (κ2) is 7.09. The van der Waals surface area contributed by atoms with E-state index < -0.39 is 0 Å². The second-order valence-electron chi connectivity index (χ2n) is 8.13. The van der Waals surface area contributed by atoms with Crippen LogP contribution in [0.5, 0.6) is 5.75 Å². The first-order valence-corrected chi connectivity index (χ1v) is 10.2. The lowest BCUT2D eigenvalue weighted by Gasteiger charge is -2.39. The van der Waals surface area contributed by atoms with E-state index in [-0.39, 0.29) is 5.56 Å². The topological polar surface area (TPSA) is 62.6 Å². The van der Waals surface area contributed by atoms with Crippen molar-refractivity contribution in [3.05, 3.63) is 64.1 Å². The lowest BCUT2D eigenvalue weighted by molar-refractivity contribution is 0.137. The molecule has 5 rings (SSSR count). The Balaban J connectivity index is 1.30. The number of hydrogen-bond donors (Lipinski definition) is 1. The molecule has 6 nitrogen and oxygen atoms in total. The summed E-state index contributed by atoms with van der Waals surface area (Å²) >= 11 is 0. The number of hydrogen-bond acceptors (Lipinski definition) is 4. The van der Waals surface area contributed by atoms with E-state index in [0.29, 0.717) is 17.4 Å². The number of aromatic nitrogens is 3. The third kappa shape index (κ3) is 3.11. The van der Waals surface area contributed by atoms with Crippen LogP contribution in [0.1, 0.15) is 54.6 Å². The summed E-state index contributed by atoms with van der Waals surface area (Å²) in [7, 11) is 1.69. The van der Waals surface area contributed by atoms with E-state index in [0.717, 1.165) is 36.9 Å². The van der Waals surface area contributed by atoms with Crippen LogP contribution >= 0.6 is 0 Å². The molecule has 28 heavy (non-hydrogen) atoms. The number of rotatable bonds is 5. The monoisotopic (exact) mass is 378 g/mol. The summed E-state index contributed by atoms with van der Waals surface area (Å²) in [6.45, 7) is 2.78. The minimum absolute atomic E-state index is 0.0403. The van der Waals surface area contributed by atoms with E-state index in [1.165, 1.54) is 31.2 Å². The molecule has 146 valence electrons. The average Bonchev–Trinajstić information content (AvgIpc) is 3.34. The van der Waals surface area contributed by atoms with E-state index in [1.807, 2.05) is 16.5 Å². The van der Waals surface area contributed by atoms with Gasteiger partial charge in [0.2, 0.25) is 0 Å². The van der Waals surface area contributed by atoms with E-state index >= 15 is 0 Å². The first kappa shape index (κ1) is 17.5. The minimum atomic E-state index is -0.0403. The van der Waals surface area contributed by atoms with Crippen LogP contribution in [0.25, 0.3) is 5.52 Å². The Labute approximate surface area is 164 Å². The zero-order valence-corrected chi connectivity index (χ0v) is 16.2. The SMILES string of the molecule is COc1ccc(C2CN(Cc3cn4c(C5CCCC5)ncc4c(=O)[nH]3)C2)cc1.